The van der Waals surface area contributed by atoms with Gasteiger partial charge in [-0.3, -0.25) is 47.9 Å². The topological polar surface area (TPSA) is 326 Å². The third-order valence-corrected chi connectivity index (χ3v) is 13.5. The lowest BCUT2D eigenvalue weighted by Crippen LogP contribution is -2.66. The molecule has 1 aliphatic heterocycles. The molecule has 452 valence electrons. The minimum Gasteiger partial charge on any atom is -0.396 e. The predicted octanol–water partition coefficient (Wildman–Crippen LogP) is 0.903. The Labute approximate surface area is 470 Å². The molecule has 0 unspecified atom stereocenters. The molecule has 0 spiro atoms. The Morgan fingerprint density at radius 1 is 0.671 bits per heavy atom. The summed E-state index contributed by atoms with van der Waals surface area (Å²) in [4.78, 5) is 140. The van der Waals surface area contributed by atoms with Crippen molar-refractivity contribution in [3.05, 3.63) is 12.2 Å². The molecule has 0 aliphatic carbocycles. The van der Waals surface area contributed by atoms with Gasteiger partial charge in [-0.2, -0.15) is 0 Å². The number of amides is 10. The molecule has 10 amide bonds. The van der Waals surface area contributed by atoms with Gasteiger partial charge in [-0.15, -0.1) is 0 Å². The normalized spacial score (nSPS) is 17.7. The highest BCUT2D eigenvalue weighted by atomic mass is 16.3. The summed E-state index contributed by atoms with van der Waals surface area (Å²) >= 11 is 0. The molecular formula is C56H101N11O12. The fraction of sp³-hybridized carbons (Fsp3) is 0.786. The zero-order valence-corrected chi connectivity index (χ0v) is 50.7. The van der Waals surface area contributed by atoms with Gasteiger partial charge in [-0.25, -0.2) is 0 Å². The van der Waals surface area contributed by atoms with Gasteiger partial charge in [-0.1, -0.05) is 74.8 Å². The molecule has 0 aromatic heterocycles. The number of hydrogen-bond donors (Lipinski definition) is 11. The number of rotatable bonds is 33. The van der Waals surface area contributed by atoms with Crippen LogP contribution in [-0.4, -0.2) is 178 Å². The minimum atomic E-state index is -1.79. The average Bonchev–Trinajstić information content (AvgIpc) is 3.73. The first-order valence-corrected chi connectivity index (χ1v) is 28.1. The number of carbonyl (C=O) groups is 10. The molecule has 23 heteroatoms. The quantitative estimate of drug-likeness (QED) is 0.0408. The SMILES string of the molecule is CC[C@H](C)/C=C/C(=O)N1C[C@@H](C)C[C@H]1C(=O)N[C@@H](CCCO)C(=O)N[C@H](C(=O)NC(C)(C)C(=O)N[C@@H](CC(C)C)C(=O)N[C@@H](CC(C)C)C(=O)NC(C)(C)C(=O)NC(C)(C)C(=O)NCCC(=O)N[C@@H](C)CN(C)C)[C@H](O)C(C)C. The first-order chi connectivity index (χ1) is 36.4. The fourth-order valence-electron chi connectivity index (χ4n) is 8.65. The number of carbonyl (C=O) groups excluding carboxylic acids is 10. The van der Waals surface area contributed by atoms with Crippen LogP contribution in [0.25, 0.3) is 0 Å². The largest absolute Gasteiger partial charge is 0.396 e. The lowest BCUT2D eigenvalue weighted by Gasteiger charge is -2.34. The second-order valence-corrected chi connectivity index (χ2v) is 24.6. The van der Waals surface area contributed by atoms with Crippen molar-refractivity contribution in [1.29, 1.82) is 0 Å². The summed E-state index contributed by atoms with van der Waals surface area (Å²) < 4.78 is 0. The summed E-state index contributed by atoms with van der Waals surface area (Å²) in [5, 5.41) is 45.3. The van der Waals surface area contributed by atoms with E-state index < -0.39 is 106 Å². The minimum absolute atomic E-state index is 0.00995. The van der Waals surface area contributed by atoms with Crippen molar-refractivity contribution >= 4 is 59.1 Å². The first-order valence-electron chi connectivity index (χ1n) is 28.1. The van der Waals surface area contributed by atoms with E-state index in [0.717, 1.165) is 6.42 Å². The van der Waals surface area contributed by atoms with E-state index in [4.69, 9.17) is 0 Å². The molecule has 1 saturated heterocycles. The first kappa shape index (κ1) is 71.3. The van der Waals surface area contributed by atoms with Crippen LogP contribution in [0.2, 0.25) is 0 Å². The lowest BCUT2D eigenvalue weighted by molar-refractivity contribution is -0.140. The summed E-state index contributed by atoms with van der Waals surface area (Å²) in [5.74, 6) is -7.32. The molecule has 1 rings (SSSR count). The van der Waals surface area contributed by atoms with Crippen LogP contribution in [-0.2, 0) is 47.9 Å². The van der Waals surface area contributed by atoms with Crippen LogP contribution in [0, 0.1) is 29.6 Å². The number of aliphatic hydroxyl groups is 2. The smallest absolute Gasteiger partial charge is 0.246 e. The number of likely N-dealkylation sites (tertiary alicyclic amines) is 1. The second kappa shape index (κ2) is 32.5. The summed E-state index contributed by atoms with van der Waals surface area (Å²) in [6.45, 7) is 27.5. The molecule has 9 atom stereocenters. The molecule has 0 aromatic carbocycles. The van der Waals surface area contributed by atoms with Crippen molar-refractivity contribution in [1.82, 2.24) is 57.7 Å². The number of nitrogens with one attached hydrogen (secondary N) is 9. The van der Waals surface area contributed by atoms with Crippen LogP contribution in [0.3, 0.4) is 0 Å². The molecular weight excluding hydrogens is 1020 g/mol. The van der Waals surface area contributed by atoms with E-state index in [2.05, 4.69) is 47.9 Å². The van der Waals surface area contributed by atoms with E-state index in [0.29, 0.717) is 19.5 Å². The molecule has 79 heavy (non-hydrogen) atoms. The van der Waals surface area contributed by atoms with Crippen LogP contribution in [0.5, 0.6) is 0 Å². The van der Waals surface area contributed by atoms with Crippen molar-refractivity contribution in [2.24, 2.45) is 29.6 Å². The zero-order chi connectivity index (χ0) is 60.9. The number of likely N-dealkylation sites (N-methyl/N-ethyl adjacent to an activating group) is 1. The van der Waals surface area contributed by atoms with Crippen molar-refractivity contribution in [2.45, 2.75) is 215 Å². The molecule has 0 radical (unpaired) electrons. The molecule has 1 heterocycles. The van der Waals surface area contributed by atoms with Crippen LogP contribution >= 0.6 is 0 Å². The molecule has 1 aliphatic rings. The number of nitrogens with zero attached hydrogens (tertiary/aromatic N) is 2. The van der Waals surface area contributed by atoms with Gasteiger partial charge in [0.25, 0.3) is 0 Å². The van der Waals surface area contributed by atoms with E-state index in [1.807, 2.05) is 74.4 Å². The Bertz CT molecular complexity index is 2110. The van der Waals surface area contributed by atoms with Crippen molar-refractivity contribution < 1.29 is 58.2 Å². The van der Waals surface area contributed by atoms with Gasteiger partial charge in [0.1, 0.15) is 46.8 Å². The maximum absolute atomic E-state index is 14.2. The molecule has 0 bridgehead atoms. The second-order valence-electron chi connectivity index (χ2n) is 24.6. The van der Waals surface area contributed by atoms with Crippen molar-refractivity contribution in [3.8, 4) is 0 Å². The van der Waals surface area contributed by atoms with Crippen LogP contribution in [0.15, 0.2) is 12.2 Å². The Morgan fingerprint density at radius 3 is 1.73 bits per heavy atom. The van der Waals surface area contributed by atoms with Gasteiger partial charge < -0.3 is 67.9 Å². The monoisotopic (exact) mass is 1120 g/mol. The fourth-order valence-corrected chi connectivity index (χ4v) is 8.65. The Kier molecular flexibility index (Phi) is 29.4. The van der Waals surface area contributed by atoms with E-state index in [9.17, 15) is 58.2 Å². The summed E-state index contributed by atoms with van der Waals surface area (Å²) in [6, 6.07) is -6.38. The van der Waals surface area contributed by atoms with Crippen LogP contribution in [0.1, 0.15) is 156 Å². The number of aliphatic hydroxyl groups excluding tert-OH is 2. The van der Waals surface area contributed by atoms with Gasteiger partial charge in [0.05, 0.1) is 6.10 Å². The van der Waals surface area contributed by atoms with E-state index in [-0.39, 0.29) is 86.8 Å². The zero-order valence-electron chi connectivity index (χ0n) is 50.7. The Balaban J connectivity index is 3.27. The highest BCUT2D eigenvalue weighted by molar-refractivity contribution is 6.00. The van der Waals surface area contributed by atoms with Gasteiger partial charge in [-0.05, 0) is 130 Å². The van der Waals surface area contributed by atoms with Crippen molar-refractivity contribution in [3.63, 3.8) is 0 Å². The third-order valence-electron chi connectivity index (χ3n) is 13.5. The molecule has 23 nitrogen and oxygen atoms in total. The highest BCUT2D eigenvalue weighted by Gasteiger charge is 2.43. The highest BCUT2D eigenvalue weighted by Crippen LogP contribution is 2.24. The molecule has 0 aromatic rings. The Morgan fingerprint density at radius 2 is 1.20 bits per heavy atom. The average molecular weight is 1120 g/mol. The van der Waals surface area contributed by atoms with E-state index >= 15 is 0 Å². The van der Waals surface area contributed by atoms with Crippen LogP contribution in [0.4, 0.5) is 0 Å². The predicted molar refractivity (Wildman–Crippen MR) is 302 cm³/mol. The standard InChI is InChI=1S/C56H101N11O12/c1-19-35(8)22-23-43(70)67-30-36(9)29-41(67)49(75)59-38(21-20-26-68)46(72)62-44(45(71)34(6)7)50(76)64-55(13,14)52(78)61-39(27-32(2)3)47(73)60-40(28-33(4)5)48(74)63-56(15,16)53(79)65-54(11,12)51(77)57-25-24-42(69)58-37(10)31-66(17)18/h22-23,32-41,44-45,68,71H,19-21,24-31H2,1-18H3,(H,57,77)(H,58,69)(H,59,75)(H,60,73)(H,61,78)(H,62,72)(H,63,74)(H,64,76)(H,65,79)/b23-22+/t35-,36-,37-,38-,39-,40-,41-,44-,45+/m0/s1. The van der Waals surface area contributed by atoms with Gasteiger partial charge in [0, 0.05) is 38.7 Å². The summed E-state index contributed by atoms with van der Waals surface area (Å²) in [6.07, 6.45) is 3.17. The maximum atomic E-state index is 14.2. The van der Waals surface area contributed by atoms with Gasteiger partial charge in [0.15, 0.2) is 0 Å². The summed E-state index contributed by atoms with van der Waals surface area (Å²) in [7, 11) is 3.78. The number of allylic oxidation sites excluding steroid dienone is 1. The van der Waals surface area contributed by atoms with Crippen LogP contribution < -0.4 is 47.9 Å². The molecule has 0 saturated carbocycles. The third kappa shape index (κ3) is 24.7. The van der Waals surface area contributed by atoms with Crippen molar-refractivity contribution in [2.75, 3.05) is 40.3 Å². The molecule has 1 fully saturated rings. The van der Waals surface area contributed by atoms with E-state index in [1.54, 1.807) is 19.9 Å². The maximum Gasteiger partial charge on any atom is 0.246 e. The Hall–Kier alpha value is -5.68. The van der Waals surface area contributed by atoms with Gasteiger partial charge in [0.2, 0.25) is 59.1 Å². The van der Waals surface area contributed by atoms with Gasteiger partial charge >= 0.3 is 0 Å². The summed E-state index contributed by atoms with van der Waals surface area (Å²) in [5.41, 5.74) is -4.86. The number of hydrogen-bond acceptors (Lipinski definition) is 13. The van der Waals surface area contributed by atoms with E-state index in [1.165, 1.54) is 52.5 Å². The molecule has 11 N–H and O–H groups in total. The lowest BCUT2D eigenvalue weighted by atomic mass is 9.95.